The molecule has 1 aliphatic rings. The summed E-state index contributed by atoms with van der Waals surface area (Å²) in [6, 6.07) is 9.84. The number of anilines is 1. The van der Waals surface area contributed by atoms with Gasteiger partial charge in [0.15, 0.2) is 0 Å². The van der Waals surface area contributed by atoms with E-state index in [2.05, 4.69) is 5.32 Å². The van der Waals surface area contributed by atoms with Gasteiger partial charge in [0.25, 0.3) is 0 Å². The highest BCUT2D eigenvalue weighted by Gasteiger charge is 2.31. The zero-order valence-corrected chi connectivity index (χ0v) is 11.9. The summed E-state index contributed by atoms with van der Waals surface area (Å²) < 4.78 is 13.9. The Bertz CT molecular complexity index is 727. The van der Waals surface area contributed by atoms with E-state index in [1.807, 2.05) is 19.9 Å². The number of hydrogen-bond acceptors (Lipinski definition) is 2. The lowest BCUT2D eigenvalue weighted by atomic mass is 9.92. The number of carbonyl (C=O) groups is 1. The maximum atomic E-state index is 13.9. The second kappa shape index (κ2) is 4.97. The lowest BCUT2D eigenvalue weighted by Gasteiger charge is -2.17. The first-order valence-electron chi connectivity index (χ1n) is 6.87. The van der Waals surface area contributed by atoms with Crippen molar-refractivity contribution in [2.75, 3.05) is 5.32 Å². The summed E-state index contributed by atoms with van der Waals surface area (Å²) in [6.45, 7) is 3.72. The van der Waals surface area contributed by atoms with Crippen LogP contribution in [-0.2, 0) is 4.79 Å². The highest BCUT2D eigenvalue weighted by molar-refractivity contribution is 6.03. The van der Waals surface area contributed by atoms with Gasteiger partial charge >= 0.3 is 0 Å². The average Bonchev–Trinajstić information content (AvgIpc) is 2.74. The molecule has 0 aliphatic carbocycles. The number of amides is 1. The van der Waals surface area contributed by atoms with Crippen molar-refractivity contribution in [1.29, 1.82) is 0 Å². The number of aryl methyl sites for hydroxylation is 1. The molecule has 0 spiro atoms. The average molecular weight is 285 g/mol. The Morgan fingerprint density at radius 2 is 1.95 bits per heavy atom. The van der Waals surface area contributed by atoms with Gasteiger partial charge in [-0.15, -0.1) is 0 Å². The summed E-state index contributed by atoms with van der Waals surface area (Å²) in [7, 11) is 0. The SMILES string of the molecule is Cc1cc2c(c(C(O)c3ccccc3F)c1)NC(=O)C2C. The first-order chi connectivity index (χ1) is 9.99. The number of hydrogen-bond donors (Lipinski definition) is 2. The molecular weight excluding hydrogens is 269 g/mol. The molecule has 1 aliphatic heterocycles. The molecule has 2 atom stereocenters. The molecule has 3 nitrogen and oxygen atoms in total. The third kappa shape index (κ3) is 2.21. The Labute approximate surface area is 122 Å². The fourth-order valence-electron chi connectivity index (χ4n) is 2.78. The zero-order chi connectivity index (χ0) is 15.1. The number of benzene rings is 2. The molecule has 2 aromatic carbocycles. The molecule has 21 heavy (non-hydrogen) atoms. The van der Waals surface area contributed by atoms with Crippen LogP contribution >= 0.6 is 0 Å². The van der Waals surface area contributed by atoms with E-state index in [-0.39, 0.29) is 17.4 Å². The summed E-state index contributed by atoms with van der Waals surface area (Å²) >= 11 is 0. The van der Waals surface area contributed by atoms with Crippen molar-refractivity contribution in [3.63, 3.8) is 0 Å². The lowest BCUT2D eigenvalue weighted by molar-refractivity contribution is -0.116. The smallest absolute Gasteiger partial charge is 0.231 e. The van der Waals surface area contributed by atoms with Crippen molar-refractivity contribution in [2.45, 2.75) is 25.9 Å². The summed E-state index contributed by atoms with van der Waals surface area (Å²) in [5, 5.41) is 13.3. The third-order valence-corrected chi connectivity index (χ3v) is 3.95. The molecule has 1 heterocycles. The van der Waals surface area contributed by atoms with E-state index < -0.39 is 11.9 Å². The number of rotatable bonds is 2. The van der Waals surface area contributed by atoms with Gasteiger partial charge in [0.05, 0.1) is 11.6 Å². The highest BCUT2D eigenvalue weighted by atomic mass is 19.1. The second-order valence-electron chi connectivity index (χ2n) is 5.45. The molecule has 1 amide bonds. The molecular formula is C17H16FNO2. The van der Waals surface area contributed by atoms with Gasteiger partial charge < -0.3 is 10.4 Å². The van der Waals surface area contributed by atoms with Crippen molar-refractivity contribution in [3.8, 4) is 0 Å². The van der Waals surface area contributed by atoms with Crippen molar-refractivity contribution in [2.24, 2.45) is 0 Å². The van der Waals surface area contributed by atoms with Crippen LogP contribution in [0.2, 0.25) is 0 Å². The van der Waals surface area contributed by atoms with Gasteiger partial charge in [-0.3, -0.25) is 4.79 Å². The Hall–Kier alpha value is -2.20. The van der Waals surface area contributed by atoms with Crippen LogP contribution in [0.3, 0.4) is 0 Å². The van der Waals surface area contributed by atoms with Crippen LogP contribution in [-0.4, -0.2) is 11.0 Å². The van der Waals surface area contributed by atoms with Crippen molar-refractivity contribution in [1.82, 2.24) is 0 Å². The molecule has 2 aromatic rings. The summed E-state index contributed by atoms with van der Waals surface area (Å²) in [4.78, 5) is 11.9. The monoisotopic (exact) mass is 285 g/mol. The molecule has 0 saturated carbocycles. The maximum absolute atomic E-state index is 13.9. The topological polar surface area (TPSA) is 49.3 Å². The van der Waals surface area contributed by atoms with Gasteiger partial charge in [-0.2, -0.15) is 0 Å². The second-order valence-corrected chi connectivity index (χ2v) is 5.45. The molecule has 0 radical (unpaired) electrons. The molecule has 108 valence electrons. The molecule has 4 heteroatoms. The molecule has 2 N–H and O–H groups in total. The first-order valence-corrected chi connectivity index (χ1v) is 6.87. The van der Waals surface area contributed by atoms with Crippen LogP contribution < -0.4 is 5.32 Å². The van der Waals surface area contributed by atoms with Gasteiger partial charge in [0, 0.05) is 11.1 Å². The van der Waals surface area contributed by atoms with E-state index >= 15 is 0 Å². The number of fused-ring (bicyclic) bond motifs is 1. The molecule has 0 saturated heterocycles. The van der Waals surface area contributed by atoms with Gasteiger partial charge in [-0.05, 0) is 25.5 Å². The fourth-order valence-corrected chi connectivity index (χ4v) is 2.78. The van der Waals surface area contributed by atoms with Crippen LogP contribution in [0.25, 0.3) is 0 Å². The van der Waals surface area contributed by atoms with Crippen LogP contribution in [0.4, 0.5) is 10.1 Å². The van der Waals surface area contributed by atoms with Crippen molar-refractivity contribution >= 4 is 11.6 Å². The predicted octanol–water partition coefficient (Wildman–Crippen LogP) is 3.27. The minimum absolute atomic E-state index is 0.0995. The minimum atomic E-state index is -1.11. The number of carbonyl (C=O) groups excluding carboxylic acids is 1. The zero-order valence-electron chi connectivity index (χ0n) is 11.9. The highest BCUT2D eigenvalue weighted by Crippen LogP contribution is 2.40. The van der Waals surface area contributed by atoms with Crippen LogP contribution in [0, 0.1) is 12.7 Å². The van der Waals surface area contributed by atoms with Crippen LogP contribution in [0.15, 0.2) is 36.4 Å². The van der Waals surface area contributed by atoms with E-state index in [0.29, 0.717) is 11.3 Å². The standard InChI is InChI=1S/C17H16FNO2/c1-9-7-12-10(2)17(21)19-15(12)13(8-9)16(20)11-5-3-4-6-14(11)18/h3-8,10,16,20H,1-2H3,(H,19,21). The van der Waals surface area contributed by atoms with Crippen molar-refractivity contribution in [3.05, 3.63) is 64.5 Å². The molecule has 0 aromatic heterocycles. The number of aliphatic hydroxyl groups is 1. The van der Waals surface area contributed by atoms with Crippen LogP contribution in [0.1, 0.15) is 41.2 Å². The van der Waals surface area contributed by atoms with Gasteiger partial charge in [-0.1, -0.05) is 35.9 Å². The Balaban J connectivity index is 2.14. The van der Waals surface area contributed by atoms with Gasteiger partial charge in [-0.25, -0.2) is 4.39 Å². The van der Waals surface area contributed by atoms with Crippen molar-refractivity contribution < 1.29 is 14.3 Å². The quantitative estimate of drug-likeness (QED) is 0.889. The number of aliphatic hydroxyl groups excluding tert-OH is 1. The molecule has 3 rings (SSSR count). The van der Waals surface area contributed by atoms with E-state index in [0.717, 1.165) is 11.1 Å². The predicted molar refractivity (Wildman–Crippen MR) is 78.7 cm³/mol. The fraction of sp³-hybridized carbons (Fsp3) is 0.235. The minimum Gasteiger partial charge on any atom is -0.383 e. The van der Waals surface area contributed by atoms with E-state index in [1.165, 1.54) is 6.07 Å². The number of nitrogens with one attached hydrogen (secondary N) is 1. The summed E-state index contributed by atoms with van der Waals surface area (Å²) in [6.07, 6.45) is -1.11. The van der Waals surface area contributed by atoms with Crippen LogP contribution in [0.5, 0.6) is 0 Å². The first kappa shape index (κ1) is 13.8. The third-order valence-electron chi connectivity index (χ3n) is 3.95. The maximum Gasteiger partial charge on any atom is 0.231 e. The Morgan fingerprint density at radius 1 is 1.24 bits per heavy atom. The Morgan fingerprint density at radius 3 is 2.67 bits per heavy atom. The lowest BCUT2D eigenvalue weighted by Crippen LogP contribution is -2.10. The Kier molecular flexibility index (Phi) is 3.26. The molecule has 0 bridgehead atoms. The largest absolute Gasteiger partial charge is 0.383 e. The summed E-state index contributed by atoms with van der Waals surface area (Å²) in [5.41, 5.74) is 3.13. The van der Waals surface area contributed by atoms with E-state index in [1.54, 1.807) is 24.3 Å². The summed E-state index contributed by atoms with van der Waals surface area (Å²) in [5.74, 6) is -0.818. The van der Waals surface area contributed by atoms with E-state index in [9.17, 15) is 14.3 Å². The van der Waals surface area contributed by atoms with Gasteiger partial charge in [0.1, 0.15) is 11.9 Å². The normalized spacial score (nSPS) is 18.3. The molecule has 0 fully saturated rings. The van der Waals surface area contributed by atoms with E-state index in [4.69, 9.17) is 0 Å². The van der Waals surface area contributed by atoms with Gasteiger partial charge in [0.2, 0.25) is 5.91 Å². The number of halogens is 1. The molecule has 2 unspecified atom stereocenters.